The molecule has 3 aliphatic rings. The van der Waals surface area contributed by atoms with Crippen LogP contribution in [0, 0.1) is 5.92 Å². The van der Waals surface area contributed by atoms with Crippen molar-refractivity contribution in [2.45, 2.75) is 57.7 Å². The summed E-state index contributed by atoms with van der Waals surface area (Å²) in [5.74, 6) is 0.446. The molecule has 0 fully saturated rings. The van der Waals surface area contributed by atoms with Crippen molar-refractivity contribution >= 4 is 5.97 Å². The van der Waals surface area contributed by atoms with Crippen LogP contribution in [0.1, 0.15) is 49.8 Å². The Kier molecular flexibility index (Phi) is 9.67. The number of rotatable bonds is 5. The molecular weight excluding hydrogens is 596 g/mol. The Morgan fingerprint density at radius 2 is 1.82 bits per heavy atom. The smallest absolute Gasteiger partial charge is 0.335 e. The first-order valence-corrected chi connectivity index (χ1v) is 12.1. The van der Waals surface area contributed by atoms with E-state index in [1.807, 2.05) is 18.2 Å². The maximum Gasteiger partial charge on any atom is 0.335 e. The molecule has 1 unspecified atom stereocenters. The number of aliphatic hydroxyl groups is 1. The number of ether oxygens (including phenoxy) is 1. The van der Waals surface area contributed by atoms with Crippen LogP contribution in [-0.4, -0.2) is 36.8 Å². The minimum absolute atomic E-state index is 0. The van der Waals surface area contributed by atoms with Crippen molar-refractivity contribution in [1.29, 1.82) is 0 Å². The van der Waals surface area contributed by atoms with Crippen molar-refractivity contribution in [2.24, 2.45) is 5.92 Å². The summed E-state index contributed by atoms with van der Waals surface area (Å²) in [5, 5.41) is 16.7. The first kappa shape index (κ1) is 26.8. The van der Waals surface area contributed by atoms with Crippen molar-refractivity contribution in [3.63, 3.8) is 0 Å². The zero-order chi connectivity index (χ0) is 23.3. The summed E-state index contributed by atoms with van der Waals surface area (Å²) in [7, 11) is 0. The number of hydrogen-bond acceptors (Lipinski definition) is 4. The van der Waals surface area contributed by atoms with Gasteiger partial charge in [0.25, 0.3) is 0 Å². The quantitative estimate of drug-likeness (QED) is 0.472. The molecule has 182 valence electrons. The molecule has 5 nitrogen and oxygen atoms in total. The molecule has 0 amide bonds. The van der Waals surface area contributed by atoms with E-state index in [0.29, 0.717) is 12.5 Å². The summed E-state index contributed by atoms with van der Waals surface area (Å²) in [4.78, 5) is 12.3. The molecule has 0 aliphatic carbocycles. The predicted molar refractivity (Wildman–Crippen MR) is 131 cm³/mol. The number of benzene rings is 2. The van der Waals surface area contributed by atoms with Crippen LogP contribution < -0.4 is 5.32 Å². The normalized spacial score (nSPS) is 23.3. The van der Waals surface area contributed by atoms with Crippen LogP contribution in [0.2, 0.25) is 0 Å². The van der Waals surface area contributed by atoms with E-state index in [2.05, 4.69) is 60.9 Å². The van der Waals surface area contributed by atoms with E-state index < -0.39 is 5.60 Å². The number of esters is 1. The van der Waals surface area contributed by atoms with E-state index in [1.165, 1.54) is 11.1 Å². The number of nitrogens with one attached hydrogen (secondary N) is 1. The number of carbonyl (C=O) groups excluding carboxylic acids is 1. The molecule has 0 spiro atoms. The monoisotopic (exact) mass is 631 g/mol. The first-order chi connectivity index (χ1) is 16.0. The second-order valence-electron chi connectivity index (χ2n) is 9.56. The third kappa shape index (κ3) is 5.88. The predicted octanol–water partition coefficient (Wildman–Crippen LogP) is 4.64. The largest absolute Gasteiger partial charge is 0.658 e. The Morgan fingerprint density at radius 3 is 2.53 bits per heavy atom. The fraction of sp³-hybridized carbons (Fsp3) is 0.464. The molecule has 2 aromatic rings. The molecule has 2 aromatic carbocycles. The summed E-state index contributed by atoms with van der Waals surface area (Å²) >= 11 is 0. The van der Waals surface area contributed by atoms with Crippen LogP contribution in [0.4, 0.5) is 0 Å². The Hall–Kier alpha value is -1.78. The van der Waals surface area contributed by atoms with E-state index in [4.69, 9.17) is 9.84 Å². The molecule has 0 saturated heterocycles. The van der Waals surface area contributed by atoms with Gasteiger partial charge in [-0.25, -0.2) is 4.79 Å². The molecular formula is C28H35N2O3W-. The summed E-state index contributed by atoms with van der Waals surface area (Å²) in [6.45, 7) is 6.90. The van der Waals surface area contributed by atoms with Crippen LogP contribution in [0.3, 0.4) is 0 Å². The van der Waals surface area contributed by atoms with Gasteiger partial charge in [0, 0.05) is 39.2 Å². The van der Waals surface area contributed by atoms with E-state index in [9.17, 15) is 4.79 Å². The summed E-state index contributed by atoms with van der Waals surface area (Å²) in [6, 6.07) is 18.8. The fourth-order valence-corrected chi connectivity index (χ4v) is 4.94. The zero-order valence-electron chi connectivity index (χ0n) is 20.1. The van der Waals surface area contributed by atoms with Crippen LogP contribution in [0.15, 0.2) is 65.7 Å². The van der Waals surface area contributed by atoms with Crippen LogP contribution in [-0.2, 0) is 49.2 Å². The van der Waals surface area contributed by atoms with Gasteiger partial charge >= 0.3 is 5.97 Å². The number of fused-ring (bicyclic) bond motifs is 1. The van der Waals surface area contributed by atoms with E-state index in [1.54, 1.807) is 0 Å². The maximum absolute atomic E-state index is 12.3. The van der Waals surface area contributed by atoms with Gasteiger partial charge in [-0.2, -0.15) is 0 Å². The summed E-state index contributed by atoms with van der Waals surface area (Å²) < 4.78 is 5.96. The minimum atomic E-state index is -0.581. The number of hydrogen-bond donors (Lipinski definition) is 2. The zero-order valence-corrected chi connectivity index (χ0v) is 23.1. The van der Waals surface area contributed by atoms with Crippen molar-refractivity contribution in [2.75, 3.05) is 19.7 Å². The number of cyclic esters (lactones) is 1. The Labute approximate surface area is 217 Å². The second kappa shape index (κ2) is 12.3. The Bertz CT molecular complexity index is 992. The van der Waals surface area contributed by atoms with Crippen molar-refractivity contribution in [1.82, 2.24) is 5.32 Å². The third-order valence-electron chi connectivity index (χ3n) is 6.86. The van der Waals surface area contributed by atoms with Gasteiger partial charge < -0.3 is 20.5 Å². The van der Waals surface area contributed by atoms with Crippen LogP contribution in [0.5, 0.6) is 0 Å². The van der Waals surface area contributed by atoms with Gasteiger partial charge in [-0.05, 0) is 53.9 Å². The Balaban J connectivity index is 0.000000212. The molecule has 34 heavy (non-hydrogen) atoms. The van der Waals surface area contributed by atoms with Gasteiger partial charge in [-0.3, -0.25) is 0 Å². The third-order valence-corrected chi connectivity index (χ3v) is 6.86. The molecule has 0 radical (unpaired) electrons. The van der Waals surface area contributed by atoms with E-state index in [0.717, 1.165) is 55.5 Å². The van der Waals surface area contributed by atoms with Crippen molar-refractivity contribution in [3.8, 4) is 0 Å². The summed E-state index contributed by atoms with van der Waals surface area (Å²) in [5.41, 5.74) is 5.21. The average Bonchev–Trinajstić information content (AvgIpc) is 3.16. The molecule has 6 heteroatoms. The number of aliphatic hydroxyl groups excluding tert-OH is 1. The molecule has 5 rings (SSSR count). The molecule has 3 aliphatic heterocycles. The standard InChI is InChI=1S/C18H22NO2.C10H13NO.W/c1-13(2)8-10-18(14-6-4-3-5-7-14)16-12-19-11-9-15(16)17(20)21-18;12-7-10-5-8-3-1-2-4-9(8)6-11-10;/h3-7,13H,8-12H2,1-2H3;1-4,10-12H,5-7H2;/q-1;;/t;10-;/m.0./s1. The van der Waals surface area contributed by atoms with Gasteiger partial charge in [0.05, 0.1) is 6.61 Å². The van der Waals surface area contributed by atoms with Gasteiger partial charge in [0.2, 0.25) is 0 Å². The van der Waals surface area contributed by atoms with Crippen LogP contribution >= 0.6 is 0 Å². The van der Waals surface area contributed by atoms with Gasteiger partial charge in [-0.1, -0.05) is 68.4 Å². The topological polar surface area (TPSA) is 72.7 Å². The number of carbonyl (C=O) groups is 1. The SMILES string of the molecule is CC(C)CCC1(c2ccccc2)OC(=O)C2=C1C[N-]CC2.OC[C@@H]1Cc2ccccc2CN1.[W]. The molecule has 3 heterocycles. The first-order valence-electron chi connectivity index (χ1n) is 12.1. The average molecular weight is 631 g/mol. The molecule has 0 aromatic heterocycles. The maximum atomic E-state index is 12.3. The minimum Gasteiger partial charge on any atom is -0.658 e. The molecule has 2 N–H and O–H groups in total. The summed E-state index contributed by atoms with van der Waals surface area (Å²) in [6.07, 6.45) is 3.55. The van der Waals surface area contributed by atoms with Crippen LogP contribution in [0.25, 0.3) is 5.32 Å². The molecule has 2 atom stereocenters. The fourth-order valence-electron chi connectivity index (χ4n) is 4.94. The Morgan fingerprint density at radius 1 is 1.12 bits per heavy atom. The molecule has 0 bridgehead atoms. The van der Waals surface area contributed by atoms with E-state index >= 15 is 0 Å². The van der Waals surface area contributed by atoms with Gasteiger partial charge in [-0.15, -0.1) is 13.1 Å². The van der Waals surface area contributed by atoms with Gasteiger partial charge in [0.1, 0.15) is 0 Å². The van der Waals surface area contributed by atoms with Gasteiger partial charge in [0.15, 0.2) is 5.60 Å². The van der Waals surface area contributed by atoms with Crippen molar-refractivity contribution < 1.29 is 35.7 Å². The van der Waals surface area contributed by atoms with E-state index in [-0.39, 0.29) is 39.7 Å². The van der Waals surface area contributed by atoms with Crippen molar-refractivity contribution in [3.05, 3.63) is 87.8 Å². The molecule has 0 saturated carbocycles. The second-order valence-corrected chi connectivity index (χ2v) is 9.56. The number of nitrogens with zero attached hydrogens (tertiary/aromatic N) is 1.